The molecule has 0 bridgehead atoms. The highest BCUT2D eigenvalue weighted by Gasteiger charge is 2.35. The number of para-hydroxylation sites is 1. The first-order valence-corrected chi connectivity index (χ1v) is 18.0. The SMILES string of the molecule is CCc1ccc(COc2ccc(-n3c(=O)cc(C(F)(F)F)n(C)c3=O)cc2)c(OC(C)C(=O)OC)c1.CCc1cccc(C)c1N(C(=O)CCl)C(C)COC. The zero-order valence-corrected chi connectivity index (χ0v) is 32.9. The minimum Gasteiger partial charge on any atom is -0.489 e. The second kappa shape index (κ2) is 20.0. The molecular formula is C40H47ClF3N3O8. The van der Waals surface area contributed by atoms with Crippen LogP contribution < -0.4 is 25.6 Å². The van der Waals surface area contributed by atoms with Gasteiger partial charge in [-0.05, 0) is 80.6 Å². The Bertz CT molecular complexity index is 2050. The number of hydrogen-bond donors (Lipinski definition) is 0. The van der Waals surface area contributed by atoms with E-state index in [2.05, 4.69) is 13.0 Å². The smallest absolute Gasteiger partial charge is 0.431 e. The standard InChI is InChI=1S/C25H25F3N2O6.C15H22ClNO2/c1-5-16-6-7-17(20(12-16)36-15(2)23(32)34-4)14-35-19-10-8-18(9-11-19)30-22(31)13-21(25(26,27)28)29(3)24(30)33;1-5-13-8-6-7-11(2)15(13)17(14(18)9-16)12(3)10-19-4/h6-13,15H,5,14H2,1-4H3;6-8,12H,5,9-10H2,1-4H3. The Morgan fingerprint density at radius 3 is 2.16 bits per heavy atom. The molecule has 1 heterocycles. The summed E-state index contributed by atoms with van der Waals surface area (Å²) >= 11 is 5.76. The number of anilines is 1. The van der Waals surface area contributed by atoms with Gasteiger partial charge < -0.3 is 23.8 Å². The number of halogens is 4. The van der Waals surface area contributed by atoms with Crippen molar-refractivity contribution < 1.29 is 41.7 Å². The number of nitrogens with zero attached hydrogens (tertiary/aromatic N) is 3. The average Bonchev–Trinajstić information content (AvgIpc) is 3.16. The van der Waals surface area contributed by atoms with Gasteiger partial charge in [0.1, 0.15) is 29.7 Å². The number of aryl methyl sites for hydroxylation is 3. The van der Waals surface area contributed by atoms with Crippen LogP contribution in [0.2, 0.25) is 0 Å². The first kappa shape index (κ1) is 44.3. The molecule has 0 fully saturated rings. The predicted molar refractivity (Wildman–Crippen MR) is 205 cm³/mol. The summed E-state index contributed by atoms with van der Waals surface area (Å²) in [6.45, 7) is 10.2. The summed E-state index contributed by atoms with van der Waals surface area (Å²) in [5.41, 5.74) is 1.41. The van der Waals surface area contributed by atoms with Gasteiger partial charge in [0.05, 0.1) is 31.1 Å². The zero-order valence-electron chi connectivity index (χ0n) is 32.2. The molecule has 2 unspecified atom stereocenters. The molecule has 1 amide bonds. The van der Waals surface area contributed by atoms with Crippen LogP contribution in [0.1, 0.15) is 55.6 Å². The molecule has 0 radical (unpaired) electrons. The van der Waals surface area contributed by atoms with Crippen LogP contribution in [0.3, 0.4) is 0 Å². The fourth-order valence-electron chi connectivity index (χ4n) is 5.76. The van der Waals surface area contributed by atoms with Crippen LogP contribution in [-0.2, 0) is 51.7 Å². The molecule has 0 aliphatic rings. The molecule has 4 aromatic rings. The topological polar surface area (TPSA) is 118 Å². The van der Waals surface area contributed by atoms with E-state index in [1.165, 1.54) is 31.4 Å². The Balaban J connectivity index is 0.000000360. The molecule has 0 N–H and O–H groups in total. The average molecular weight is 790 g/mol. The lowest BCUT2D eigenvalue weighted by Crippen LogP contribution is -2.43. The molecule has 15 heteroatoms. The van der Waals surface area contributed by atoms with Gasteiger partial charge in [-0.2, -0.15) is 13.2 Å². The molecule has 0 aliphatic carbocycles. The van der Waals surface area contributed by atoms with E-state index in [-0.39, 0.29) is 30.1 Å². The predicted octanol–water partition coefficient (Wildman–Crippen LogP) is 6.80. The third-order valence-corrected chi connectivity index (χ3v) is 8.88. The lowest BCUT2D eigenvalue weighted by Gasteiger charge is -2.31. The van der Waals surface area contributed by atoms with E-state index >= 15 is 0 Å². The molecule has 3 aromatic carbocycles. The van der Waals surface area contributed by atoms with E-state index in [9.17, 15) is 32.3 Å². The third-order valence-electron chi connectivity index (χ3n) is 8.65. The normalized spacial score (nSPS) is 12.2. The van der Waals surface area contributed by atoms with Gasteiger partial charge in [-0.15, -0.1) is 11.6 Å². The van der Waals surface area contributed by atoms with Gasteiger partial charge >= 0.3 is 17.8 Å². The molecule has 0 saturated carbocycles. The summed E-state index contributed by atoms with van der Waals surface area (Å²) in [4.78, 5) is 50.4. The molecule has 0 aliphatic heterocycles. The quantitative estimate of drug-likeness (QED) is 0.101. The maximum Gasteiger partial charge on any atom is 0.431 e. The second-order valence-electron chi connectivity index (χ2n) is 12.5. The van der Waals surface area contributed by atoms with Crippen LogP contribution in [0.4, 0.5) is 18.9 Å². The maximum atomic E-state index is 13.1. The number of alkyl halides is 4. The van der Waals surface area contributed by atoms with Gasteiger partial charge in [0.25, 0.3) is 5.56 Å². The second-order valence-corrected chi connectivity index (χ2v) is 12.8. The van der Waals surface area contributed by atoms with Crippen molar-refractivity contribution in [2.24, 2.45) is 7.05 Å². The van der Waals surface area contributed by atoms with Crippen molar-refractivity contribution in [2.75, 3.05) is 31.6 Å². The highest BCUT2D eigenvalue weighted by molar-refractivity contribution is 6.29. The van der Waals surface area contributed by atoms with E-state index in [0.717, 1.165) is 42.3 Å². The van der Waals surface area contributed by atoms with Gasteiger partial charge in [-0.3, -0.25) is 14.2 Å². The van der Waals surface area contributed by atoms with Crippen molar-refractivity contribution in [3.8, 4) is 17.2 Å². The minimum atomic E-state index is -4.84. The monoisotopic (exact) mass is 789 g/mol. The number of amides is 1. The molecule has 55 heavy (non-hydrogen) atoms. The summed E-state index contributed by atoms with van der Waals surface area (Å²) in [6.07, 6.45) is -4.03. The van der Waals surface area contributed by atoms with Crippen LogP contribution in [0.5, 0.6) is 11.5 Å². The van der Waals surface area contributed by atoms with Gasteiger partial charge in [-0.25, -0.2) is 14.2 Å². The number of esters is 1. The number of hydrogen-bond acceptors (Lipinski definition) is 8. The molecular weight excluding hydrogens is 743 g/mol. The summed E-state index contributed by atoms with van der Waals surface area (Å²) in [5, 5.41) is 0. The first-order chi connectivity index (χ1) is 26.0. The lowest BCUT2D eigenvalue weighted by atomic mass is 10.0. The number of rotatable bonds is 14. The Kier molecular flexibility index (Phi) is 16.1. The van der Waals surface area contributed by atoms with E-state index in [1.807, 2.05) is 51.1 Å². The summed E-state index contributed by atoms with van der Waals surface area (Å²) in [6, 6.07) is 17.7. The first-order valence-electron chi connectivity index (χ1n) is 17.5. The zero-order chi connectivity index (χ0) is 41.0. The number of carbonyl (C=O) groups is 2. The maximum absolute atomic E-state index is 13.1. The number of ether oxygens (including phenoxy) is 4. The van der Waals surface area contributed by atoms with E-state index in [0.29, 0.717) is 38.9 Å². The van der Waals surface area contributed by atoms with Gasteiger partial charge in [0, 0.05) is 25.8 Å². The summed E-state index contributed by atoms with van der Waals surface area (Å²) in [5.74, 6) is 0.205. The number of carbonyl (C=O) groups excluding carboxylic acids is 2. The number of aromatic nitrogens is 2. The summed E-state index contributed by atoms with van der Waals surface area (Å²) in [7, 11) is 3.86. The molecule has 2 atom stereocenters. The molecule has 4 rings (SSSR count). The van der Waals surface area contributed by atoms with Crippen molar-refractivity contribution in [1.82, 2.24) is 9.13 Å². The van der Waals surface area contributed by atoms with Crippen LogP contribution in [-0.4, -0.2) is 59.9 Å². The number of benzene rings is 3. The Morgan fingerprint density at radius 1 is 0.927 bits per heavy atom. The molecule has 1 aromatic heterocycles. The largest absolute Gasteiger partial charge is 0.489 e. The van der Waals surface area contributed by atoms with Crippen molar-refractivity contribution >= 4 is 29.2 Å². The van der Waals surface area contributed by atoms with E-state index < -0.39 is 35.2 Å². The van der Waals surface area contributed by atoms with Crippen molar-refractivity contribution in [2.45, 2.75) is 72.4 Å². The Morgan fingerprint density at radius 2 is 1.60 bits per heavy atom. The molecule has 0 saturated heterocycles. The van der Waals surface area contributed by atoms with Crippen molar-refractivity contribution in [3.05, 3.63) is 116 Å². The van der Waals surface area contributed by atoms with Gasteiger partial charge in [0.15, 0.2) is 6.10 Å². The van der Waals surface area contributed by atoms with Crippen molar-refractivity contribution in [1.29, 1.82) is 0 Å². The Labute approximate surface area is 323 Å². The fraction of sp³-hybridized carbons (Fsp3) is 0.400. The fourth-order valence-corrected chi connectivity index (χ4v) is 5.89. The van der Waals surface area contributed by atoms with E-state index in [4.69, 9.17) is 30.5 Å². The number of methoxy groups -OCH3 is 2. The third kappa shape index (κ3) is 11.2. The molecule has 0 spiro atoms. The molecule has 298 valence electrons. The van der Waals surface area contributed by atoms with Gasteiger partial charge in [-0.1, -0.05) is 44.2 Å². The lowest BCUT2D eigenvalue weighted by molar-refractivity contribution is -0.148. The highest BCUT2D eigenvalue weighted by Crippen LogP contribution is 2.29. The minimum absolute atomic E-state index is 0.0223. The van der Waals surface area contributed by atoms with Crippen LogP contribution in [0.25, 0.3) is 5.69 Å². The van der Waals surface area contributed by atoms with Crippen LogP contribution in [0, 0.1) is 6.92 Å². The molecule has 11 nitrogen and oxygen atoms in total. The Hall–Kier alpha value is -5.08. The van der Waals surface area contributed by atoms with Crippen molar-refractivity contribution in [3.63, 3.8) is 0 Å². The summed E-state index contributed by atoms with van der Waals surface area (Å²) < 4.78 is 61.7. The van der Waals surface area contributed by atoms with Crippen LogP contribution >= 0.6 is 11.6 Å². The van der Waals surface area contributed by atoms with Crippen LogP contribution in [0.15, 0.2) is 76.3 Å². The highest BCUT2D eigenvalue weighted by atomic mass is 35.5. The van der Waals surface area contributed by atoms with Gasteiger partial charge in [0.2, 0.25) is 5.91 Å². The van der Waals surface area contributed by atoms with E-state index in [1.54, 1.807) is 18.9 Å².